The molecule has 0 heterocycles. The molecule has 2 amide bonds. The highest BCUT2D eigenvalue weighted by molar-refractivity contribution is 5.92. The third kappa shape index (κ3) is 9.11. The minimum Gasteiger partial charge on any atom is -0.467 e. The fraction of sp³-hybridized carbons (Fsp3) is 0.609. The summed E-state index contributed by atoms with van der Waals surface area (Å²) in [4.78, 5) is 36.8. The lowest BCUT2D eigenvalue weighted by Crippen LogP contribution is -2.43. The summed E-state index contributed by atoms with van der Waals surface area (Å²) in [6, 6.07) is 7.11. The Balaban J connectivity index is 2.62. The predicted octanol–water partition coefficient (Wildman–Crippen LogP) is 4.26. The molecule has 0 saturated heterocycles. The van der Waals surface area contributed by atoms with Crippen LogP contribution in [-0.2, 0) is 19.1 Å². The van der Waals surface area contributed by atoms with Gasteiger partial charge in [0.1, 0.15) is 6.04 Å². The number of esters is 1. The van der Waals surface area contributed by atoms with Crippen molar-refractivity contribution in [2.45, 2.75) is 72.8 Å². The van der Waals surface area contributed by atoms with Crippen LogP contribution in [0, 0.1) is 11.3 Å². The topological polar surface area (TPSA) is 84.5 Å². The summed E-state index contributed by atoms with van der Waals surface area (Å²) in [5, 5.41) is 5.64. The van der Waals surface area contributed by atoms with E-state index in [1.807, 2.05) is 52.0 Å². The van der Waals surface area contributed by atoms with E-state index in [1.165, 1.54) is 12.7 Å². The van der Waals surface area contributed by atoms with E-state index in [0.717, 1.165) is 5.69 Å². The Hall–Kier alpha value is -2.37. The summed E-state index contributed by atoms with van der Waals surface area (Å²) < 4.78 is 4.78. The van der Waals surface area contributed by atoms with Crippen LogP contribution in [0.1, 0.15) is 72.3 Å². The molecule has 1 aromatic carbocycles. The summed E-state index contributed by atoms with van der Waals surface area (Å²) in [5.74, 6) is -0.193. The van der Waals surface area contributed by atoms with Crippen LogP contribution in [0.25, 0.3) is 0 Å². The number of anilines is 1. The molecular weight excluding hydrogens is 368 g/mol. The molecule has 0 bridgehead atoms. The van der Waals surface area contributed by atoms with E-state index >= 15 is 0 Å². The van der Waals surface area contributed by atoms with Gasteiger partial charge in [-0.05, 0) is 41.4 Å². The fourth-order valence-electron chi connectivity index (χ4n) is 3.16. The van der Waals surface area contributed by atoms with Gasteiger partial charge in [0.2, 0.25) is 11.8 Å². The highest BCUT2D eigenvalue weighted by atomic mass is 16.5. The molecule has 1 aromatic rings. The third-order valence-electron chi connectivity index (χ3n) is 4.67. The quantitative estimate of drug-likeness (QED) is 0.571. The van der Waals surface area contributed by atoms with E-state index in [0.29, 0.717) is 12.3 Å². The van der Waals surface area contributed by atoms with Crippen LogP contribution < -0.4 is 10.6 Å². The molecule has 6 heteroatoms. The van der Waals surface area contributed by atoms with Gasteiger partial charge in [0, 0.05) is 18.5 Å². The Kier molecular flexibility index (Phi) is 9.34. The molecule has 1 unspecified atom stereocenters. The van der Waals surface area contributed by atoms with Crippen LogP contribution in [0.2, 0.25) is 0 Å². The highest BCUT2D eigenvalue weighted by Gasteiger charge is 2.29. The van der Waals surface area contributed by atoms with Gasteiger partial charge >= 0.3 is 5.97 Å². The fourth-order valence-corrected chi connectivity index (χ4v) is 3.16. The monoisotopic (exact) mass is 404 g/mol. The minimum atomic E-state index is -0.670. The molecule has 0 radical (unpaired) electrons. The lowest BCUT2D eigenvalue weighted by molar-refractivity contribution is -0.145. The van der Waals surface area contributed by atoms with Crippen molar-refractivity contribution in [3.8, 4) is 0 Å². The number of hydrogen-bond donors (Lipinski definition) is 2. The molecule has 1 rings (SSSR count). The molecule has 29 heavy (non-hydrogen) atoms. The van der Waals surface area contributed by atoms with E-state index < -0.39 is 17.4 Å². The van der Waals surface area contributed by atoms with Gasteiger partial charge in [0.05, 0.1) is 7.11 Å². The zero-order valence-electron chi connectivity index (χ0n) is 18.8. The number of rotatable bonds is 10. The Morgan fingerprint density at radius 1 is 0.966 bits per heavy atom. The molecule has 0 aliphatic carbocycles. The van der Waals surface area contributed by atoms with Crippen molar-refractivity contribution in [3.05, 3.63) is 29.8 Å². The number of carbonyl (C=O) groups excluding carboxylic acids is 3. The van der Waals surface area contributed by atoms with E-state index in [2.05, 4.69) is 24.5 Å². The van der Waals surface area contributed by atoms with Crippen molar-refractivity contribution < 1.29 is 19.1 Å². The molecule has 0 aliphatic rings. The first-order valence-corrected chi connectivity index (χ1v) is 10.2. The van der Waals surface area contributed by atoms with Gasteiger partial charge in [-0.25, -0.2) is 4.79 Å². The maximum atomic E-state index is 12.5. The predicted molar refractivity (Wildman–Crippen MR) is 116 cm³/mol. The molecule has 6 nitrogen and oxygen atoms in total. The largest absolute Gasteiger partial charge is 0.467 e. The van der Waals surface area contributed by atoms with Gasteiger partial charge < -0.3 is 15.4 Å². The Bertz CT molecular complexity index is 693. The van der Waals surface area contributed by atoms with E-state index in [-0.39, 0.29) is 30.6 Å². The SMILES string of the molecule is COC(=O)C(CC(C)C)NC(=O)CC(C)(C)CC(=O)Nc1ccc(C(C)C)cc1. The Labute approximate surface area is 174 Å². The summed E-state index contributed by atoms with van der Waals surface area (Å²) in [6.07, 6.45) is 0.837. The standard InChI is InChI=1S/C23H36N2O4/c1-15(2)12-19(22(28)29-7)25-21(27)14-23(5,6)13-20(26)24-18-10-8-17(9-11-18)16(3)4/h8-11,15-16,19H,12-14H2,1-7H3,(H,24,26)(H,25,27). The van der Waals surface area contributed by atoms with Gasteiger partial charge in [-0.15, -0.1) is 0 Å². The number of carbonyl (C=O) groups is 3. The summed E-state index contributed by atoms with van der Waals surface area (Å²) >= 11 is 0. The van der Waals surface area contributed by atoms with Crippen LogP contribution in [0.4, 0.5) is 5.69 Å². The van der Waals surface area contributed by atoms with Crippen molar-refractivity contribution in [2.24, 2.45) is 11.3 Å². The molecule has 0 spiro atoms. The van der Waals surface area contributed by atoms with Crippen molar-refractivity contribution in [3.63, 3.8) is 0 Å². The van der Waals surface area contributed by atoms with Gasteiger partial charge in [-0.2, -0.15) is 0 Å². The molecule has 0 saturated carbocycles. The molecular formula is C23H36N2O4. The molecule has 162 valence electrons. The lowest BCUT2D eigenvalue weighted by atomic mass is 9.84. The lowest BCUT2D eigenvalue weighted by Gasteiger charge is -2.25. The first-order valence-electron chi connectivity index (χ1n) is 10.2. The highest BCUT2D eigenvalue weighted by Crippen LogP contribution is 2.26. The average Bonchev–Trinajstić information content (AvgIpc) is 2.59. The third-order valence-corrected chi connectivity index (χ3v) is 4.67. The second-order valence-electron chi connectivity index (χ2n) is 9.12. The van der Waals surface area contributed by atoms with Gasteiger partial charge in [-0.3, -0.25) is 9.59 Å². The molecule has 2 N–H and O–H groups in total. The van der Waals surface area contributed by atoms with Gasteiger partial charge in [-0.1, -0.05) is 53.7 Å². The van der Waals surface area contributed by atoms with E-state index in [4.69, 9.17) is 4.74 Å². The smallest absolute Gasteiger partial charge is 0.328 e. The second kappa shape index (κ2) is 11.0. The van der Waals surface area contributed by atoms with Crippen molar-refractivity contribution in [1.82, 2.24) is 5.32 Å². The Morgan fingerprint density at radius 2 is 1.52 bits per heavy atom. The minimum absolute atomic E-state index is 0.137. The number of nitrogens with one attached hydrogen (secondary N) is 2. The average molecular weight is 405 g/mol. The van der Waals surface area contributed by atoms with Gasteiger partial charge in [0.25, 0.3) is 0 Å². The molecule has 0 aliphatic heterocycles. The van der Waals surface area contributed by atoms with Crippen molar-refractivity contribution >= 4 is 23.5 Å². The number of benzene rings is 1. The van der Waals surface area contributed by atoms with Gasteiger partial charge in [0.15, 0.2) is 0 Å². The van der Waals surface area contributed by atoms with Crippen molar-refractivity contribution in [1.29, 1.82) is 0 Å². The number of amides is 2. The van der Waals surface area contributed by atoms with Crippen LogP contribution in [-0.4, -0.2) is 30.9 Å². The van der Waals surface area contributed by atoms with E-state index in [9.17, 15) is 14.4 Å². The van der Waals surface area contributed by atoms with Crippen molar-refractivity contribution in [2.75, 3.05) is 12.4 Å². The second-order valence-corrected chi connectivity index (χ2v) is 9.12. The number of hydrogen-bond acceptors (Lipinski definition) is 4. The molecule has 1 atom stereocenters. The normalized spacial score (nSPS) is 12.6. The summed E-state index contributed by atoms with van der Waals surface area (Å²) in [7, 11) is 1.31. The summed E-state index contributed by atoms with van der Waals surface area (Å²) in [6.45, 7) is 11.9. The van der Waals surface area contributed by atoms with Crippen LogP contribution in [0.3, 0.4) is 0 Å². The number of methoxy groups -OCH3 is 1. The first kappa shape index (κ1) is 24.7. The zero-order chi connectivity index (χ0) is 22.2. The first-order chi connectivity index (χ1) is 13.4. The van der Waals surface area contributed by atoms with Crippen LogP contribution in [0.15, 0.2) is 24.3 Å². The van der Waals surface area contributed by atoms with E-state index in [1.54, 1.807) is 0 Å². The Morgan fingerprint density at radius 3 is 2.00 bits per heavy atom. The van der Waals surface area contributed by atoms with Crippen LogP contribution >= 0.6 is 0 Å². The molecule has 0 aromatic heterocycles. The maximum absolute atomic E-state index is 12.5. The maximum Gasteiger partial charge on any atom is 0.328 e. The zero-order valence-corrected chi connectivity index (χ0v) is 18.8. The van der Waals surface area contributed by atoms with Crippen LogP contribution in [0.5, 0.6) is 0 Å². The molecule has 0 fully saturated rings. The summed E-state index contributed by atoms with van der Waals surface area (Å²) in [5.41, 5.74) is 1.40. The number of ether oxygens (including phenoxy) is 1.